The number of hydrogen-bond donors (Lipinski definition) is 2. The molecule has 0 spiro atoms. The Kier molecular flexibility index (Phi) is 11.0. The van der Waals surface area contributed by atoms with Crippen molar-refractivity contribution in [3.8, 4) is 11.5 Å². The zero-order chi connectivity index (χ0) is 25.5. The summed E-state index contributed by atoms with van der Waals surface area (Å²) < 4.78 is 22.7. The van der Waals surface area contributed by atoms with Gasteiger partial charge in [-0.3, -0.25) is 9.79 Å². The summed E-state index contributed by atoms with van der Waals surface area (Å²) in [7, 11) is -4.58. The fourth-order valence-electron chi connectivity index (χ4n) is 5.26. The minimum Gasteiger partial charge on any atom is -0.487 e. The van der Waals surface area contributed by atoms with Crippen LogP contribution in [0.25, 0.3) is 0 Å². The maximum atomic E-state index is 11.3. The number of ether oxygens (including phenoxy) is 1. The van der Waals surface area contributed by atoms with E-state index in [9.17, 15) is 14.4 Å². The molecule has 196 valence electrons. The summed E-state index contributed by atoms with van der Waals surface area (Å²) in [6, 6.07) is 1.69. The van der Waals surface area contributed by atoms with E-state index in [1.807, 2.05) is 13.8 Å². The van der Waals surface area contributed by atoms with Crippen LogP contribution in [0.4, 0.5) is 0 Å². The Labute approximate surface area is 208 Å². The second-order valence-electron chi connectivity index (χ2n) is 11.6. The summed E-state index contributed by atoms with van der Waals surface area (Å²) in [4.78, 5) is 18.4. The number of fused-ring (bicyclic) bond motifs is 1. The SMILES string of the molecule is Cc1cc(OP(=O)(O)O)c(C)c2c1O[C@](C)(CCC[C@H](C)CCC[C@H](C)CCCC(C)C)CC2. The third kappa shape index (κ3) is 9.55. The van der Waals surface area contributed by atoms with Crippen LogP contribution in [0.2, 0.25) is 0 Å². The van der Waals surface area contributed by atoms with Crippen molar-refractivity contribution in [2.45, 2.75) is 125 Å². The van der Waals surface area contributed by atoms with Gasteiger partial charge in [0.1, 0.15) is 17.1 Å². The van der Waals surface area contributed by atoms with E-state index >= 15 is 0 Å². The third-order valence-corrected chi connectivity index (χ3v) is 7.98. The van der Waals surface area contributed by atoms with Crippen molar-refractivity contribution < 1.29 is 23.6 Å². The van der Waals surface area contributed by atoms with Gasteiger partial charge >= 0.3 is 7.82 Å². The molecule has 34 heavy (non-hydrogen) atoms. The van der Waals surface area contributed by atoms with Crippen LogP contribution >= 0.6 is 7.82 Å². The molecule has 0 fully saturated rings. The maximum absolute atomic E-state index is 11.3. The molecule has 1 heterocycles. The number of hydrogen-bond acceptors (Lipinski definition) is 3. The Balaban J connectivity index is 1.79. The van der Waals surface area contributed by atoms with Crippen molar-refractivity contribution in [2.75, 3.05) is 0 Å². The first-order valence-corrected chi connectivity index (χ1v) is 14.9. The zero-order valence-corrected chi connectivity index (χ0v) is 23.5. The first-order valence-electron chi connectivity index (χ1n) is 13.4. The molecule has 1 aromatic carbocycles. The van der Waals surface area contributed by atoms with Crippen LogP contribution in [0, 0.1) is 31.6 Å². The van der Waals surface area contributed by atoms with E-state index in [2.05, 4.69) is 34.6 Å². The lowest BCUT2D eigenvalue weighted by molar-refractivity contribution is 0.0513. The molecule has 5 nitrogen and oxygen atoms in total. The van der Waals surface area contributed by atoms with E-state index < -0.39 is 7.82 Å². The third-order valence-electron chi connectivity index (χ3n) is 7.55. The monoisotopic (exact) mass is 496 g/mol. The Morgan fingerprint density at radius 2 is 1.56 bits per heavy atom. The molecule has 1 aromatic rings. The molecule has 0 aliphatic carbocycles. The minimum atomic E-state index is -4.58. The predicted molar refractivity (Wildman–Crippen MR) is 141 cm³/mol. The van der Waals surface area contributed by atoms with Gasteiger partial charge in [-0.25, -0.2) is 4.57 Å². The Morgan fingerprint density at radius 3 is 2.12 bits per heavy atom. The van der Waals surface area contributed by atoms with Crippen LogP contribution in [0.1, 0.15) is 116 Å². The first kappa shape index (κ1) is 29.2. The molecule has 2 rings (SSSR count). The van der Waals surface area contributed by atoms with Crippen LogP contribution < -0.4 is 9.26 Å². The van der Waals surface area contributed by atoms with Gasteiger partial charge in [-0.2, -0.15) is 0 Å². The van der Waals surface area contributed by atoms with E-state index in [-0.39, 0.29) is 11.4 Å². The molecule has 0 amide bonds. The highest BCUT2D eigenvalue weighted by Crippen LogP contribution is 2.46. The van der Waals surface area contributed by atoms with Crippen molar-refractivity contribution in [3.63, 3.8) is 0 Å². The number of rotatable bonds is 14. The molecule has 1 aliphatic rings. The molecule has 3 atom stereocenters. The Hall–Kier alpha value is -1.03. The van der Waals surface area contributed by atoms with Gasteiger partial charge in [0.2, 0.25) is 0 Å². The average Bonchev–Trinajstić information content (AvgIpc) is 2.70. The van der Waals surface area contributed by atoms with Crippen molar-refractivity contribution in [3.05, 3.63) is 22.8 Å². The summed E-state index contributed by atoms with van der Waals surface area (Å²) >= 11 is 0. The van der Waals surface area contributed by atoms with Gasteiger partial charge in [0.25, 0.3) is 0 Å². The number of benzene rings is 1. The Morgan fingerprint density at radius 1 is 1.00 bits per heavy atom. The second kappa shape index (κ2) is 12.8. The average molecular weight is 497 g/mol. The summed E-state index contributed by atoms with van der Waals surface area (Å²) in [6.45, 7) is 15.4. The smallest absolute Gasteiger partial charge is 0.487 e. The standard InChI is InChI=1S/C28H49O5P/c1-20(2)11-8-12-21(3)13-9-14-22(4)15-10-17-28(7)18-16-25-24(6)26(33-34(29,30)31)19-23(5)27(25)32-28/h19-22H,8-18H2,1-7H3,(H2,29,30,31)/t21-,22-,28-/m1/s1. The van der Waals surface area contributed by atoms with E-state index in [0.29, 0.717) is 0 Å². The van der Waals surface area contributed by atoms with Crippen molar-refractivity contribution in [1.29, 1.82) is 0 Å². The topological polar surface area (TPSA) is 76.0 Å². The minimum absolute atomic E-state index is 0.194. The number of phosphoric ester groups is 1. The van der Waals surface area contributed by atoms with E-state index in [0.717, 1.165) is 65.9 Å². The lowest BCUT2D eigenvalue weighted by Gasteiger charge is -2.38. The maximum Gasteiger partial charge on any atom is 0.524 e. The summed E-state index contributed by atoms with van der Waals surface area (Å²) in [5.41, 5.74) is 2.45. The van der Waals surface area contributed by atoms with Gasteiger partial charge in [0.05, 0.1) is 0 Å². The molecular weight excluding hydrogens is 447 g/mol. The molecule has 2 N–H and O–H groups in total. The van der Waals surface area contributed by atoms with E-state index in [1.165, 1.54) is 44.9 Å². The number of phosphoric acid groups is 1. The van der Waals surface area contributed by atoms with Gasteiger partial charge < -0.3 is 9.26 Å². The fraction of sp³-hybridized carbons (Fsp3) is 0.786. The van der Waals surface area contributed by atoms with Crippen LogP contribution in [-0.2, 0) is 11.0 Å². The first-order chi connectivity index (χ1) is 15.8. The lowest BCUT2D eigenvalue weighted by Crippen LogP contribution is -2.37. The van der Waals surface area contributed by atoms with Gasteiger partial charge in [-0.1, -0.05) is 72.6 Å². The van der Waals surface area contributed by atoms with Gasteiger partial charge in [0.15, 0.2) is 0 Å². The summed E-state index contributed by atoms with van der Waals surface area (Å²) in [6.07, 6.45) is 13.3. The predicted octanol–water partition coefficient (Wildman–Crippen LogP) is 8.30. The molecule has 0 aromatic heterocycles. The summed E-state index contributed by atoms with van der Waals surface area (Å²) in [5.74, 6) is 3.53. The van der Waals surface area contributed by atoms with Gasteiger partial charge in [-0.15, -0.1) is 0 Å². The molecule has 0 unspecified atom stereocenters. The van der Waals surface area contributed by atoms with Gasteiger partial charge in [0, 0.05) is 5.56 Å². The van der Waals surface area contributed by atoms with E-state index in [1.54, 1.807) is 6.07 Å². The normalized spacial score (nSPS) is 20.1. The highest BCUT2D eigenvalue weighted by molar-refractivity contribution is 7.46. The number of aryl methyl sites for hydroxylation is 1. The fourth-order valence-corrected chi connectivity index (χ4v) is 5.70. The van der Waals surface area contributed by atoms with Gasteiger partial charge in [-0.05, 0) is 81.4 Å². The van der Waals surface area contributed by atoms with Crippen LogP contribution in [0.15, 0.2) is 6.07 Å². The van der Waals surface area contributed by atoms with Crippen molar-refractivity contribution >= 4 is 7.82 Å². The highest BCUT2D eigenvalue weighted by atomic mass is 31.2. The summed E-state index contributed by atoms with van der Waals surface area (Å²) in [5, 5.41) is 0. The van der Waals surface area contributed by atoms with Crippen molar-refractivity contribution in [2.24, 2.45) is 17.8 Å². The molecule has 6 heteroatoms. The van der Waals surface area contributed by atoms with Crippen LogP contribution in [-0.4, -0.2) is 15.4 Å². The quantitative estimate of drug-likeness (QED) is 0.253. The molecule has 0 radical (unpaired) electrons. The van der Waals surface area contributed by atoms with E-state index in [4.69, 9.17) is 9.26 Å². The molecule has 1 aliphatic heterocycles. The lowest BCUT2D eigenvalue weighted by atomic mass is 9.84. The van der Waals surface area contributed by atoms with Crippen molar-refractivity contribution in [1.82, 2.24) is 0 Å². The molecule has 0 bridgehead atoms. The molecule has 0 saturated carbocycles. The largest absolute Gasteiger partial charge is 0.524 e. The molecule has 0 saturated heterocycles. The molecular formula is C28H49O5P. The highest BCUT2D eigenvalue weighted by Gasteiger charge is 2.34. The van der Waals surface area contributed by atoms with Crippen LogP contribution in [0.3, 0.4) is 0 Å². The van der Waals surface area contributed by atoms with Crippen LogP contribution in [0.5, 0.6) is 11.5 Å². The second-order valence-corrected chi connectivity index (χ2v) is 12.8. The zero-order valence-electron chi connectivity index (χ0n) is 22.7. The Bertz CT molecular complexity index is 831.